The summed E-state index contributed by atoms with van der Waals surface area (Å²) in [7, 11) is -1.79. The largest absolute Gasteiger partial charge is 0.368 e. The number of rotatable bonds is 5. The van der Waals surface area contributed by atoms with Crippen LogP contribution >= 0.6 is 0 Å². The van der Waals surface area contributed by atoms with Crippen LogP contribution in [0.25, 0.3) is 0 Å². The lowest BCUT2D eigenvalue weighted by molar-refractivity contribution is 0.101. The lowest BCUT2D eigenvalue weighted by Crippen LogP contribution is -2.54. The average Bonchev–Trinajstić information content (AvgIpc) is 2.73. The van der Waals surface area contributed by atoms with Gasteiger partial charge in [0.2, 0.25) is 0 Å². The fraction of sp³-hybridized carbons (Fsp3) is 0.600. The van der Waals surface area contributed by atoms with Crippen LogP contribution in [0, 0.1) is 11.3 Å². The van der Waals surface area contributed by atoms with E-state index in [1.165, 1.54) is 13.3 Å². The first-order chi connectivity index (χ1) is 13.3. The van der Waals surface area contributed by atoms with Crippen molar-refractivity contribution in [2.24, 2.45) is 0 Å². The third-order valence-electron chi connectivity index (χ3n) is 5.88. The Hall–Kier alpha value is -1.95. The molecule has 1 saturated heterocycles. The topological polar surface area (TPSA) is 84.7 Å². The van der Waals surface area contributed by atoms with Crippen LogP contribution in [0.4, 0.5) is 5.69 Å². The number of hydrogen-bond donors (Lipinski definition) is 0. The first kappa shape index (κ1) is 20.8. The van der Waals surface area contributed by atoms with E-state index in [1.807, 2.05) is 4.90 Å². The summed E-state index contributed by atoms with van der Waals surface area (Å²) in [6, 6.07) is 7.31. The number of anilines is 1. The Morgan fingerprint density at radius 1 is 1.14 bits per heavy atom. The smallest absolute Gasteiger partial charge is 0.282 e. The molecule has 0 spiro atoms. The van der Waals surface area contributed by atoms with E-state index >= 15 is 0 Å². The summed E-state index contributed by atoms with van der Waals surface area (Å²) < 4.78 is 29.2. The molecule has 7 nitrogen and oxygen atoms in total. The first-order valence-electron chi connectivity index (χ1n) is 9.87. The van der Waals surface area contributed by atoms with Gasteiger partial charge >= 0.3 is 0 Å². The van der Waals surface area contributed by atoms with Crippen LogP contribution < -0.4 is 4.90 Å². The molecule has 0 N–H and O–H groups in total. The van der Waals surface area contributed by atoms with E-state index in [4.69, 9.17) is 0 Å². The number of nitrogens with zero attached hydrogens (tertiary/aromatic N) is 4. The van der Waals surface area contributed by atoms with Gasteiger partial charge in [-0.05, 0) is 38.0 Å². The van der Waals surface area contributed by atoms with Crippen LogP contribution in [-0.2, 0) is 10.2 Å². The van der Waals surface area contributed by atoms with Gasteiger partial charge in [-0.15, -0.1) is 0 Å². The Bertz CT molecular complexity index is 864. The summed E-state index contributed by atoms with van der Waals surface area (Å²) in [6.45, 7) is 3.22. The van der Waals surface area contributed by atoms with Crippen molar-refractivity contribution in [1.29, 1.82) is 5.26 Å². The highest BCUT2D eigenvalue weighted by Crippen LogP contribution is 2.27. The minimum Gasteiger partial charge on any atom is -0.368 e. The Labute approximate surface area is 167 Å². The van der Waals surface area contributed by atoms with E-state index in [2.05, 4.69) is 6.07 Å². The van der Waals surface area contributed by atoms with Crippen molar-refractivity contribution in [3.8, 4) is 6.07 Å². The molecule has 1 saturated carbocycles. The van der Waals surface area contributed by atoms with Gasteiger partial charge in [0.05, 0.1) is 11.3 Å². The minimum atomic E-state index is -3.48. The summed E-state index contributed by atoms with van der Waals surface area (Å²) in [5.41, 5.74) is 1.76. The van der Waals surface area contributed by atoms with Gasteiger partial charge in [-0.25, -0.2) is 0 Å². The number of carbonyl (C=O) groups is 1. The fourth-order valence-electron chi connectivity index (χ4n) is 4.08. The maximum atomic E-state index is 13.0. The predicted octanol–water partition coefficient (Wildman–Crippen LogP) is 2.39. The normalized spacial score (nSPS) is 19.6. The molecule has 0 bridgehead atoms. The van der Waals surface area contributed by atoms with Crippen LogP contribution in [-0.4, -0.2) is 62.1 Å². The lowest BCUT2D eigenvalue weighted by Gasteiger charge is -2.39. The van der Waals surface area contributed by atoms with Crippen molar-refractivity contribution in [2.75, 3.05) is 38.1 Å². The number of ketones is 1. The predicted molar refractivity (Wildman–Crippen MR) is 109 cm³/mol. The maximum Gasteiger partial charge on any atom is 0.282 e. The minimum absolute atomic E-state index is 0.0546. The summed E-state index contributed by atoms with van der Waals surface area (Å²) in [4.78, 5) is 13.7. The van der Waals surface area contributed by atoms with Crippen molar-refractivity contribution in [3.63, 3.8) is 0 Å². The Kier molecular flexibility index (Phi) is 6.38. The van der Waals surface area contributed by atoms with Crippen LogP contribution in [0.1, 0.15) is 54.9 Å². The molecule has 2 fully saturated rings. The lowest BCUT2D eigenvalue weighted by atomic mass is 9.96. The molecule has 2 aliphatic rings. The fourth-order valence-corrected chi connectivity index (χ4v) is 5.66. The van der Waals surface area contributed by atoms with Crippen molar-refractivity contribution in [1.82, 2.24) is 8.61 Å². The highest BCUT2D eigenvalue weighted by molar-refractivity contribution is 7.86. The Morgan fingerprint density at radius 3 is 2.36 bits per heavy atom. The highest BCUT2D eigenvalue weighted by atomic mass is 32.2. The molecule has 28 heavy (non-hydrogen) atoms. The van der Waals surface area contributed by atoms with Crippen LogP contribution in [0.5, 0.6) is 0 Å². The van der Waals surface area contributed by atoms with E-state index in [0.717, 1.165) is 25.7 Å². The zero-order chi connectivity index (χ0) is 20.3. The highest BCUT2D eigenvalue weighted by Gasteiger charge is 2.34. The number of carbonyl (C=O) groups excluding carboxylic acids is 1. The standard InChI is InChI=1S/C20H28N4O3S/c1-16(25)17-8-9-18(15-21)20(14-17)23-10-12-24(13-11-23)28(26,27)22(2)19-6-4-3-5-7-19/h8-9,14,19H,3-7,10-13H2,1-2H3. The number of benzene rings is 1. The number of nitriles is 1. The van der Waals surface area contributed by atoms with Crippen LogP contribution in [0.15, 0.2) is 18.2 Å². The molecule has 8 heteroatoms. The second-order valence-corrected chi connectivity index (χ2v) is 9.59. The average molecular weight is 405 g/mol. The number of piperazine rings is 1. The number of Topliss-reactive ketones (excluding diaryl/α,β-unsaturated/α-hetero) is 1. The van der Waals surface area contributed by atoms with Gasteiger partial charge in [-0.1, -0.05) is 19.3 Å². The van der Waals surface area contributed by atoms with Gasteiger partial charge < -0.3 is 4.90 Å². The van der Waals surface area contributed by atoms with Gasteiger partial charge in [0, 0.05) is 44.8 Å². The monoisotopic (exact) mass is 404 g/mol. The SMILES string of the molecule is CC(=O)c1ccc(C#N)c(N2CCN(S(=O)(=O)N(C)C3CCCCC3)CC2)c1. The molecule has 152 valence electrons. The Morgan fingerprint density at radius 2 is 1.79 bits per heavy atom. The van der Waals surface area contributed by atoms with Crippen molar-refractivity contribution < 1.29 is 13.2 Å². The maximum absolute atomic E-state index is 13.0. The first-order valence-corrected chi connectivity index (χ1v) is 11.3. The van der Waals surface area contributed by atoms with Gasteiger partial charge in [0.1, 0.15) is 6.07 Å². The van der Waals surface area contributed by atoms with Crippen molar-refractivity contribution in [3.05, 3.63) is 29.3 Å². The Balaban J connectivity index is 1.71. The third kappa shape index (κ3) is 4.22. The van der Waals surface area contributed by atoms with E-state index < -0.39 is 10.2 Å². The molecule has 0 aromatic heterocycles. The molecule has 0 unspecified atom stereocenters. The van der Waals surface area contributed by atoms with Gasteiger partial charge in [-0.3, -0.25) is 4.79 Å². The van der Waals surface area contributed by atoms with E-state index in [-0.39, 0.29) is 11.8 Å². The second kappa shape index (κ2) is 8.60. The zero-order valence-corrected chi connectivity index (χ0v) is 17.4. The van der Waals surface area contributed by atoms with Crippen molar-refractivity contribution >= 4 is 21.7 Å². The molecule has 1 aromatic rings. The van der Waals surface area contributed by atoms with E-state index in [1.54, 1.807) is 33.9 Å². The summed E-state index contributed by atoms with van der Waals surface area (Å²) in [5.74, 6) is -0.0546. The molecule has 1 aliphatic heterocycles. The molecule has 0 amide bonds. The van der Waals surface area contributed by atoms with Gasteiger partial charge in [-0.2, -0.15) is 22.3 Å². The van der Waals surface area contributed by atoms with Gasteiger partial charge in [0.15, 0.2) is 5.78 Å². The van der Waals surface area contributed by atoms with E-state index in [9.17, 15) is 18.5 Å². The molecule has 0 radical (unpaired) electrons. The van der Waals surface area contributed by atoms with E-state index in [0.29, 0.717) is 43.0 Å². The second-order valence-electron chi connectivity index (χ2n) is 7.60. The zero-order valence-electron chi connectivity index (χ0n) is 16.6. The quantitative estimate of drug-likeness (QED) is 0.704. The third-order valence-corrected chi connectivity index (χ3v) is 7.93. The molecular formula is C20H28N4O3S. The summed E-state index contributed by atoms with van der Waals surface area (Å²) >= 11 is 0. The molecular weight excluding hydrogens is 376 g/mol. The molecule has 1 heterocycles. The molecule has 1 aliphatic carbocycles. The molecule has 1 aromatic carbocycles. The molecule has 3 rings (SSSR count). The summed E-state index contributed by atoms with van der Waals surface area (Å²) in [5, 5.41) is 9.40. The summed E-state index contributed by atoms with van der Waals surface area (Å²) in [6.07, 6.45) is 5.21. The van der Waals surface area contributed by atoms with Gasteiger partial charge in [0.25, 0.3) is 10.2 Å². The van der Waals surface area contributed by atoms with Crippen molar-refractivity contribution in [2.45, 2.75) is 45.1 Å². The van der Waals surface area contributed by atoms with Crippen LogP contribution in [0.3, 0.4) is 0 Å². The number of hydrogen-bond acceptors (Lipinski definition) is 5. The van der Waals surface area contributed by atoms with Crippen LogP contribution in [0.2, 0.25) is 0 Å². The molecule has 0 atom stereocenters.